The monoisotopic (exact) mass is 271 g/mol. The third kappa shape index (κ3) is 2.61. The highest BCUT2D eigenvalue weighted by atomic mass is 16.3. The fourth-order valence-corrected chi connectivity index (χ4v) is 2.82. The molecule has 0 fully saturated rings. The number of aryl methyl sites for hydroxylation is 2. The molecule has 3 rings (SSSR count). The van der Waals surface area contributed by atoms with Crippen LogP contribution in [-0.4, -0.2) is 23.1 Å². The molecule has 2 heterocycles. The minimum Gasteiger partial charge on any atom is -0.461 e. The number of rotatable bonds is 4. The van der Waals surface area contributed by atoms with E-state index in [1.54, 1.807) is 6.26 Å². The van der Waals surface area contributed by atoms with Crippen LogP contribution in [0.5, 0.6) is 0 Å². The number of nitrogens with zero attached hydrogens (tertiary/aromatic N) is 2. The molecule has 0 saturated heterocycles. The molecule has 4 heteroatoms. The quantitative estimate of drug-likeness (QED) is 0.929. The Kier molecular flexibility index (Phi) is 3.83. The van der Waals surface area contributed by atoms with Crippen LogP contribution in [0.4, 0.5) is 0 Å². The molecule has 1 N–H and O–H groups in total. The van der Waals surface area contributed by atoms with Gasteiger partial charge in [-0.2, -0.15) is 0 Å². The van der Waals surface area contributed by atoms with Gasteiger partial charge < -0.3 is 9.73 Å². The molecule has 106 valence electrons. The summed E-state index contributed by atoms with van der Waals surface area (Å²) < 4.78 is 5.48. The summed E-state index contributed by atoms with van der Waals surface area (Å²) >= 11 is 0. The highest BCUT2D eigenvalue weighted by Gasteiger charge is 2.21. The standard InChI is InChI=1S/C16H21N3O/c1-3-17-9-12-4-5-14-13(8-12)10-18-16(19-14)15-11(2)6-7-20-15/h6-7,10,12,17H,3-5,8-9H2,1-2H3. The topological polar surface area (TPSA) is 51.0 Å². The molecule has 0 bridgehead atoms. The fraction of sp³-hybridized carbons (Fsp3) is 0.500. The number of aromatic nitrogens is 2. The van der Waals surface area contributed by atoms with Gasteiger partial charge in [0.25, 0.3) is 0 Å². The van der Waals surface area contributed by atoms with Crippen molar-refractivity contribution < 1.29 is 4.42 Å². The van der Waals surface area contributed by atoms with Gasteiger partial charge in [-0.3, -0.25) is 0 Å². The fourth-order valence-electron chi connectivity index (χ4n) is 2.82. The van der Waals surface area contributed by atoms with Crippen LogP contribution < -0.4 is 5.32 Å². The van der Waals surface area contributed by atoms with Crippen LogP contribution in [0.1, 0.15) is 30.2 Å². The molecule has 0 radical (unpaired) electrons. The smallest absolute Gasteiger partial charge is 0.196 e. The predicted molar refractivity (Wildman–Crippen MR) is 78.5 cm³/mol. The van der Waals surface area contributed by atoms with Crippen LogP contribution in [0.3, 0.4) is 0 Å². The molecule has 2 aromatic rings. The van der Waals surface area contributed by atoms with Crippen LogP contribution >= 0.6 is 0 Å². The minimum absolute atomic E-state index is 0.710. The van der Waals surface area contributed by atoms with Gasteiger partial charge in [-0.1, -0.05) is 6.92 Å². The zero-order valence-electron chi connectivity index (χ0n) is 12.1. The van der Waals surface area contributed by atoms with Gasteiger partial charge in [-0.05, 0) is 62.4 Å². The molecule has 0 aliphatic heterocycles. The zero-order valence-corrected chi connectivity index (χ0v) is 12.1. The molecule has 20 heavy (non-hydrogen) atoms. The lowest BCUT2D eigenvalue weighted by atomic mass is 9.87. The average molecular weight is 271 g/mol. The molecule has 1 aliphatic rings. The van der Waals surface area contributed by atoms with Crippen molar-refractivity contribution in [3.8, 4) is 11.6 Å². The summed E-state index contributed by atoms with van der Waals surface area (Å²) in [6.07, 6.45) is 7.01. The summed E-state index contributed by atoms with van der Waals surface area (Å²) in [7, 11) is 0. The van der Waals surface area contributed by atoms with Crippen molar-refractivity contribution in [2.75, 3.05) is 13.1 Å². The second-order valence-corrected chi connectivity index (χ2v) is 5.51. The minimum atomic E-state index is 0.710. The lowest BCUT2D eigenvalue weighted by Crippen LogP contribution is -2.27. The zero-order chi connectivity index (χ0) is 13.9. The first kappa shape index (κ1) is 13.3. The van der Waals surface area contributed by atoms with E-state index >= 15 is 0 Å². The van der Waals surface area contributed by atoms with Crippen LogP contribution in [0.25, 0.3) is 11.6 Å². The molecule has 0 spiro atoms. The largest absolute Gasteiger partial charge is 0.461 e. The Labute approximate surface area is 119 Å². The summed E-state index contributed by atoms with van der Waals surface area (Å²) in [5.74, 6) is 2.22. The van der Waals surface area contributed by atoms with E-state index in [-0.39, 0.29) is 0 Å². The van der Waals surface area contributed by atoms with E-state index in [0.29, 0.717) is 5.92 Å². The van der Waals surface area contributed by atoms with Crippen molar-refractivity contribution in [1.82, 2.24) is 15.3 Å². The number of hydrogen-bond acceptors (Lipinski definition) is 4. The normalized spacial score (nSPS) is 18.0. The first-order valence-electron chi connectivity index (χ1n) is 7.38. The van der Waals surface area contributed by atoms with Crippen molar-refractivity contribution in [3.05, 3.63) is 35.3 Å². The lowest BCUT2D eigenvalue weighted by Gasteiger charge is -2.23. The third-order valence-corrected chi connectivity index (χ3v) is 4.00. The highest BCUT2D eigenvalue weighted by Crippen LogP contribution is 2.27. The van der Waals surface area contributed by atoms with Crippen molar-refractivity contribution in [2.45, 2.75) is 33.1 Å². The molecule has 2 aromatic heterocycles. The van der Waals surface area contributed by atoms with Gasteiger partial charge in [-0.15, -0.1) is 0 Å². The number of furan rings is 1. The van der Waals surface area contributed by atoms with Crippen LogP contribution in [0.15, 0.2) is 22.9 Å². The van der Waals surface area contributed by atoms with Crippen LogP contribution in [0.2, 0.25) is 0 Å². The molecule has 4 nitrogen and oxygen atoms in total. The maximum Gasteiger partial charge on any atom is 0.196 e. The Bertz CT molecular complexity index is 591. The Balaban J connectivity index is 1.80. The highest BCUT2D eigenvalue weighted by molar-refractivity contribution is 5.52. The Morgan fingerprint density at radius 3 is 3.10 bits per heavy atom. The van der Waals surface area contributed by atoms with E-state index in [2.05, 4.69) is 17.2 Å². The van der Waals surface area contributed by atoms with E-state index < -0.39 is 0 Å². The van der Waals surface area contributed by atoms with Crippen molar-refractivity contribution in [3.63, 3.8) is 0 Å². The van der Waals surface area contributed by atoms with Crippen LogP contribution in [0, 0.1) is 12.8 Å². The van der Waals surface area contributed by atoms with E-state index in [4.69, 9.17) is 9.40 Å². The molecule has 1 unspecified atom stereocenters. The third-order valence-electron chi connectivity index (χ3n) is 4.00. The first-order chi connectivity index (χ1) is 9.78. The Hall–Kier alpha value is -1.68. The van der Waals surface area contributed by atoms with Gasteiger partial charge in [-0.25, -0.2) is 9.97 Å². The second-order valence-electron chi connectivity index (χ2n) is 5.51. The summed E-state index contributed by atoms with van der Waals surface area (Å²) in [5, 5.41) is 3.43. The van der Waals surface area contributed by atoms with E-state index in [9.17, 15) is 0 Å². The van der Waals surface area contributed by atoms with Gasteiger partial charge in [0.1, 0.15) is 0 Å². The van der Waals surface area contributed by atoms with Gasteiger partial charge in [0.05, 0.1) is 6.26 Å². The maximum absolute atomic E-state index is 5.48. The Morgan fingerprint density at radius 2 is 2.35 bits per heavy atom. The van der Waals surface area contributed by atoms with E-state index in [0.717, 1.165) is 43.1 Å². The molecular weight excluding hydrogens is 250 g/mol. The molecular formula is C16H21N3O. The SMILES string of the molecule is CCNCC1CCc2nc(-c3occc3C)ncc2C1. The van der Waals surface area contributed by atoms with Crippen molar-refractivity contribution in [1.29, 1.82) is 0 Å². The molecule has 0 aromatic carbocycles. The van der Waals surface area contributed by atoms with Crippen molar-refractivity contribution >= 4 is 0 Å². The maximum atomic E-state index is 5.48. The first-order valence-corrected chi connectivity index (χ1v) is 7.38. The van der Waals surface area contributed by atoms with Gasteiger partial charge in [0, 0.05) is 11.9 Å². The van der Waals surface area contributed by atoms with Crippen LogP contribution in [-0.2, 0) is 12.8 Å². The summed E-state index contributed by atoms with van der Waals surface area (Å²) in [4.78, 5) is 9.19. The lowest BCUT2D eigenvalue weighted by molar-refractivity contribution is 0.424. The molecule has 0 saturated carbocycles. The van der Waals surface area contributed by atoms with Gasteiger partial charge in [0.2, 0.25) is 0 Å². The Morgan fingerprint density at radius 1 is 1.45 bits per heavy atom. The van der Waals surface area contributed by atoms with E-state index in [1.165, 1.54) is 17.7 Å². The molecule has 1 atom stereocenters. The number of nitrogens with one attached hydrogen (secondary N) is 1. The molecule has 1 aliphatic carbocycles. The average Bonchev–Trinajstić information content (AvgIpc) is 2.90. The summed E-state index contributed by atoms with van der Waals surface area (Å²) in [5.41, 5.74) is 3.58. The van der Waals surface area contributed by atoms with Gasteiger partial charge >= 0.3 is 0 Å². The van der Waals surface area contributed by atoms with Gasteiger partial charge in [0.15, 0.2) is 11.6 Å². The predicted octanol–water partition coefficient (Wildman–Crippen LogP) is 2.76. The number of fused-ring (bicyclic) bond motifs is 1. The van der Waals surface area contributed by atoms with Crippen molar-refractivity contribution in [2.24, 2.45) is 5.92 Å². The van der Waals surface area contributed by atoms with E-state index in [1.807, 2.05) is 19.2 Å². The number of hydrogen-bond donors (Lipinski definition) is 1. The second kappa shape index (κ2) is 5.75. The summed E-state index contributed by atoms with van der Waals surface area (Å²) in [6, 6.07) is 1.95. The molecule has 0 amide bonds. The summed E-state index contributed by atoms with van der Waals surface area (Å²) in [6.45, 7) is 6.30.